The highest BCUT2D eigenvalue weighted by Gasteiger charge is 2.17. The van der Waals surface area contributed by atoms with Gasteiger partial charge in [0.2, 0.25) is 5.91 Å². The van der Waals surface area contributed by atoms with E-state index in [0.717, 1.165) is 21.4 Å². The number of aromatic hydroxyl groups is 1. The van der Waals surface area contributed by atoms with Crippen LogP contribution in [0.25, 0.3) is 21.7 Å². The average molecular weight is 457 g/mol. The summed E-state index contributed by atoms with van der Waals surface area (Å²) in [5, 5.41) is 22.1. The van der Waals surface area contributed by atoms with E-state index in [0.29, 0.717) is 35.3 Å². The molecule has 3 N–H and O–H groups in total. The molecule has 0 aliphatic carbocycles. The number of nitrogens with zero attached hydrogens (tertiary/aromatic N) is 3. The van der Waals surface area contributed by atoms with E-state index < -0.39 is 11.5 Å². The van der Waals surface area contributed by atoms with Gasteiger partial charge in [0.15, 0.2) is 11.0 Å². The van der Waals surface area contributed by atoms with E-state index in [1.54, 1.807) is 0 Å². The molecule has 0 bridgehead atoms. The smallest absolute Gasteiger partial charge is 0.336 e. The summed E-state index contributed by atoms with van der Waals surface area (Å²) in [7, 11) is 0. The van der Waals surface area contributed by atoms with Crippen molar-refractivity contribution in [1.82, 2.24) is 14.8 Å². The molecule has 31 heavy (non-hydrogen) atoms. The summed E-state index contributed by atoms with van der Waals surface area (Å²) in [4.78, 5) is 24.3. The summed E-state index contributed by atoms with van der Waals surface area (Å²) < 4.78 is 7.14. The number of primary amides is 1. The number of phenols is 1. The Labute approximate surface area is 185 Å². The fraction of sp³-hybridized carbons (Fsp3) is 0.238. The predicted molar refractivity (Wildman–Crippen MR) is 120 cm³/mol. The molecule has 0 spiro atoms. The van der Waals surface area contributed by atoms with Crippen LogP contribution < -0.4 is 11.4 Å². The van der Waals surface area contributed by atoms with Crippen LogP contribution in [0, 0.1) is 0 Å². The van der Waals surface area contributed by atoms with Gasteiger partial charge < -0.3 is 19.8 Å². The number of benzene rings is 1. The van der Waals surface area contributed by atoms with Crippen molar-refractivity contribution < 1.29 is 14.3 Å². The van der Waals surface area contributed by atoms with E-state index in [1.807, 2.05) is 35.1 Å². The Morgan fingerprint density at radius 2 is 2.13 bits per heavy atom. The summed E-state index contributed by atoms with van der Waals surface area (Å²) in [6.45, 7) is 2.31. The van der Waals surface area contributed by atoms with E-state index in [2.05, 4.69) is 10.2 Å². The molecule has 0 atom stereocenters. The molecule has 8 nitrogen and oxygen atoms in total. The predicted octanol–water partition coefficient (Wildman–Crippen LogP) is 3.55. The molecular weight excluding hydrogens is 436 g/mol. The maximum absolute atomic E-state index is 12.0. The number of rotatable bonds is 8. The Kier molecular flexibility index (Phi) is 6.10. The van der Waals surface area contributed by atoms with Crippen LogP contribution in [0.1, 0.15) is 24.5 Å². The number of fused-ring (bicyclic) bond motifs is 1. The van der Waals surface area contributed by atoms with Crippen LogP contribution in [0.5, 0.6) is 5.75 Å². The molecule has 3 aromatic heterocycles. The molecule has 160 valence electrons. The molecular formula is C21H20N4O4S2. The largest absolute Gasteiger partial charge is 0.508 e. The Bertz CT molecular complexity index is 1290. The first-order valence-corrected chi connectivity index (χ1v) is 11.5. The lowest BCUT2D eigenvalue weighted by Gasteiger charge is -2.10. The molecule has 10 heteroatoms. The van der Waals surface area contributed by atoms with Crippen LogP contribution in [0.2, 0.25) is 0 Å². The van der Waals surface area contributed by atoms with Crippen LogP contribution >= 0.6 is 23.1 Å². The van der Waals surface area contributed by atoms with E-state index >= 15 is 0 Å². The van der Waals surface area contributed by atoms with Crippen molar-refractivity contribution in [2.24, 2.45) is 5.73 Å². The third-order valence-electron chi connectivity index (χ3n) is 4.81. The molecule has 1 amide bonds. The number of aromatic nitrogens is 3. The molecule has 0 saturated heterocycles. The number of phenolic OH excluding ortho intramolecular Hbond substituents is 1. The lowest BCUT2D eigenvalue weighted by molar-refractivity contribution is -0.118. The Hall–Kier alpha value is -3.11. The first-order valence-electron chi connectivity index (χ1n) is 9.63. The number of aryl methyl sites for hydroxylation is 1. The van der Waals surface area contributed by atoms with Crippen molar-refractivity contribution in [2.75, 3.05) is 0 Å². The van der Waals surface area contributed by atoms with Gasteiger partial charge in [-0.15, -0.1) is 21.5 Å². The number of hydrogen-bond acceptors (Lipinski definition) is 8. The quantitative estimate of drug-likeness (QED) is 0.307. The molecule has 0 unspecified atom stereocenters. The van der Waals surface area contributed by atoms with Crippen LogP contribution in [0.4, 0.5) is 0 Å². The molecule has 4 aromatic rings. The number of hydrogen-bond donors (Lipinski definition) is 2. The van der Waals surface area contributed by atoms with Gasteiger partial charge >= 0.3 is 5.63 Å². The Balaban J connectivity index is 1.68. The van der Waals surface area contributed by atoms with Gasteiger partial charge in [0, 0.05) is 36.2 Å². The minimum absolute atomic E-state index is 0.106. The highest BCUT2D eigenvalue weighted by atomic mass is 32.2. The lowest BCUT2D eigenvalue weighted by atomic mass is 10.1. The van der Waals surface area contributed by atoms with Crippen molar-refractivity contribution in [3.63, 3.8) is 0 Å². The maximum atomic E-state index is 12.0. The van der Waals surface area contributed by atoms with Crippen LogP contribution in [0.15, 0.2) is 50.1 Å². The minimum atomic E-state index is -0.485. The number of amides is 1. The normalized spacial score (nSPS) is 11.3. The topological polar surface area (TPSA) is 124 Å². The van der Waals surface area contributed by atoms with Gasteiger partial charge in [-0.25, -0.2) is 4.79 Å². The number of thiophene rings is 1. The molecule has 3 heterocycles. The highest BCUT2D eigenvalue weighted by molar-refractivity contribution is 7.98. The van der Waals surface area contributed by atoms with Gasteiger partial charge in [-0.3, -0.25) is 4.79 Å². The van der Waals surface area contributed by atoms with Crippen molar-refractivity contribution >= 4 is 40.0 Å². The first kappa shape index (κ1) is 21.1. The molecule has 0 radical (unpaired) electrons. The summed E-state index contributed by atoms with van der Waals surface area (Å²) in [6, 6.07) is 8.65. The van der Waals surface area contributed by atoms with Gasteiger partial charge in [-0.2, -0.15) is 0 Å². The molecule has 1 aromatic carbocycles. The first-order chi connectivity index (χ1) is 15.0. The number of carbonyl (C=O) groups is 1. The molecule has 0 fully saturated rings. The third kappa shape index (κ3) is 4.49. The lowest BCUT2D eigenvalue weighted by Crippen LogP contribution is -2.15. The van der Waals surface area contributed by atoms with E-state index in [9.17, 15) is 14.7 Å². The molecule has 0 aliphatic heterocycles. The summed E-state index contributed by atoms with van der Waals surface area (Å²) in [6.07, 6.45) is 0.820. The summed E-state index contributed by atoms with van der Waals surface area (Å²) in [5.41, 5.74) is 6.75. The van der Waals surface area contributed by atoms with Crippen LogP contribution in [-0.2, 0) is 23.5 Å². The van der Waals surface area contributed by atoms with E-state index in [-0.39, 0.29) is 12.2 Å². The average Bonchev–Trinajstić information content (AvgIpc) is 3.39. The summed E-state index contributed by atoms with van der Waals surface area (Å²) in [5.74, 6) is 0.819. The van der Waals surface area contributed by atoms with Gasteiger partial charge in [0.1, 0.15) is 11.3 Å². The monoisotopic (exact) mass is 456 g/mol. The van der Waals surface area contributed by atoms with Gasteiger partial charge in [0.25, 0.3) is 0 Å². The SMILES string of the molecule is CCc1cc2c(CSc3nnc(-c4cccs4)n3CCC(N)=O)cc(=O)oc2cc1O. The van der Waals surface area contributed by atoms with Gasteiger partial charge in [-0.05, 0) is 35.1 Å². The zero-order chi connectivity index (χ0) is 22.0. The highest BCUT2D eigenvalue weighted by Crippen LogP contribution is 2.32. The number of nitrogens with two attached hydrogens (primary N) is 1. The van der Waals surface area contributed by atoms with Gasteiger partial charge in [-0.1, -0.05) is 24.8 Å². The molecule has 0 saturated carbocycles. The number of thioether (sulfide) groups is 1. The van der Waals surface area contributed by atoms with Crippen molar-refractivity contribution in [3.8, 4) is 16.5 Å². The Morgan fingerprint density at radius 1 is 1.29 bits per heavy atom. The second-order valence-electron chi connectivity index (χ2n) is 6.86. The standard InChI is InChI=1S/C21H20N4O4S2/c1-2-12-8-14-13(9-19(28)29-16(14)10-15(12)26)11-31-21-24-23-20(17-4-3-7-30-17)25(21)6-5-18(22)27/h3-4,7-10,26H,2,5-6,11H2,1H3,(H2,22,27). The van der Waals surface area contributed by atoms with Crippen molar-refractivity contribution in [2.45, 2.75) is 37.2 Å². The van der Waals surface area contributed by atoms with Crippen LogP contribution in [-0.4, -0.2) is 25.8 Å². The second-order valence-corrected chi connectivity index (χ2v) is 8.75. The summed E-state index contributed by atoms with van der Waals surface area (Å²) >= 11 is 2.95. The van der Waals surface area contributed by atoms with Crippen molar-refractivity contribution in [3.05, 3.63) is 57.3 Å². The van der Waals surface area contributed by atoms with Gasteiger partial charge in [0.05, 0.1) is 4.88 Å². The van der Waals surface area contributed by atoms with Crippen molar-refractivity contribution in [1.29, 1.82) is 0 Å². The number of carbonyl (C=O) groups excluding carboxylic acids is 1. The zero-order valence-electron chi connectivity index (χ0n) is 16.7. The molecule has 0 aliphatic rings. The minimum Gasteiger partial charge on any atom is -0.508 e. The fourth-order valence-corrected chi connectivity index (χ4v) is 4.93. The second kappa shape index (κ2) is 8.94. The Morgan fingerprint density at radius 3 is 2.84 bits per heavy atom. The zero-order valence-corrected chi connectivity index (χ0v) is 18.3. The molecule has 4 rings (SSSR count). The van der Waals surface area contributed by atoms with Crippen LogP contribution in [0.3, 0.4) is 0 Å². The van der Waals surface area contributed by atoms with E-state index in [1.165, 1.54) is 35.2 Å². The maximum Gasteiger partial charge on any atom is 0.336 e. The fourth-order valence-electron chi connectivity index (χ4n) is 3.26. The third-order valence-corrected chi connectivity index (χ3v) is 6.69. The van der Waals surface area contributed by atoms with E-state index in [4.69, 9.17) is 10.2 Å².